The van der Waals surface area contributed by atoms with Crippen molar-refractivity contribution in [3.63, 3.8) is 0 Å². The summed E-state index contributed by atoms with van der Waals surface area (Å²) < 4.78 is 5.26. The van der Waals surface area contributed by atoms with Crippen LogP contribution in [-0.4, -0.2) is 42.1 Å². The summed E-state index contributed by atoms with van der Waals surface area (Å²) in [6, 6.07) is 5.40. The Hall–Kier alpha value is -2.83. The first-order chi connectivity index (χ1) is 11.0. The maximum atomic E-state index is 12.3. The summed E-state index contributed by atoms with van der Waals surface area (Å²) in [6.07, 6.45) is 3.38. The summed E-state index contributed by atoms with van der Waals surface area (Å²) in [5, 5.41) is 5.71. The molecule has 1 aromatic heterocycles. The summed E-state index contributed by atoms with van der Waals surface area (Å²) in [5.74, 6) is 1.17. The maximum Gasteiger partial charge on any atom is 0.321 e. The largest absolute Gasteiger partial charge is 0.495 e. The van der Waals surface area contributed by atoms with Crippen LogP contribution in [0.1, 0.15) is 11.1 Å². The minimum Gasteiger partial charge on any atom is -0.495 e. The van der Waals surface area contributed by atoms with Crippen molar-refractivity contribution < 1.29 is 9.53 Å². The minimum atomic E-state index is -0.230. The number of aryl methyl sites for hydroxylation is 1. The second-order valence-corrected chi connectivity index (χ2v) is 5.15. The Morgan fingerprint density at radius 2 is 2.00 bits per heavy atom. The lowest BCUT2D eigenvalue weighted by molar-refractivity contribution is 0.220. The van der Waals surface area contributed by atoms with Gasteiger partial charge in [0.25, 0.3) is 0 Å². The van der Waals surface area contributed by atoms with Crippen molar-refractivity contribution in [2.75, 3.05) is 31.8 Å². The van der Waals surface area contributed by atoms with E-state index in [0.717, 1.165) is 11.1 Å². The van der Waals surface area contributed by atoms with Crippen LogP contribution in [0, 0.1) is 6.92 Å². The molecule has 7 heteroatoms. The first-order valence-electron chi connectivity index (χ1n) is 7.19. The normalized spacial score (nSPS) is 10.1. The van der Waals surface area contributed by atoms with Crippen molar-refractivity contribution in [2.24, 2.45) is 0 Å². The average Bonchev–Trinajstić information content (AvgIpc) is 2.55. The van der Waals surface area contributed by atoms with Crippen LogP contribution < -0.4 is 15.4 Å². The number of nitrogens with one attached hydrogen (secondary N) is 2. The van der Waals surface area contributed by atoms with Gasteiger partial charge >= 0.3 is 6.03 Å². The van der Waals surface area contributed by atoms with Crippen LogP contribution in [0.4, 0.5) is 16.4 Å². The molecule has 1 heterocycles. The molecule has 2 N–H and O–H groups in total. The number of carbonyl (C=O) groups is 1. The Kier molecular flexibility index (Phi) is 5.35. The molecule has 0 saturated heterocycles. The number of anilines is 2. The number of hydrogen-bond acceptors (Lipinski definition) is 5. The topological polar surface area (TPSA) is 79.4 Å². The van der Waals surface area contributed by atoms with E-state index >= 15 is 0 Å². The average molecular weight is 315 g/mol. The number of rotatable bonds is 5. The number of carbonyl (C=O) groups excluding carboxylic acids is 1. The monoisotopic (exact) mass is 315 g/mol. The number of ether oxygens (including phenoxy) is 1. The zero-order valence-corrected chi connectivity index (χ0v) is 13.8. The van der Waals surface area contributed by atoms with Crippen LogP contribution in [0.5, 0.6) is 5.75 Å². The summed E-state index contributed by atoms with van der Waals surface area (Å²) in [5.41, 5.74) is 2.53. The van der Waals surface area contributed by atoms with Crippen molar-refractivity contribution in [1.82, 2.24) is 14.9 Å². The molecule has 2 rings (SSSR count). The van der Waals surface area contributed by atoms with Crippen molar-refractivity contribution in [3.05, 3.63) is 41.7 Å². The molecule has 0 bridgehead atoms. The van der Waals surface area contributed by atoms with E-state index in [-0.39, 0.29) is 6.03 Å². The fourth-order valence-corrected chi connectivity index (χ4v) is 2.04. The third-order valence-electron chi connectivity index (χ3n) is 3.29. The predicted molar refractivity (Wildman–Crippen MR) is 89.8 cm³/mol. The molecule has 0 aliphatic rings. The molecule has 0 fully saturated rings. The molecule has 1 aromatic carbocycles. The van der Waals surface area contributed by atoms with Gasteiger partial charge in [-0.05, 0) is 24.6 Å². The molecular formula is C16H21N5O2. The summed E-state index contributed by atoms with van der Waals surface area (Å²) in [6.45, 7) is 2.36. The van der Waals surface area contributed by atoms with Crippen molar-refractivity contribution >= 4 is 17.7 Å². The number of methoxy groups -OCH3 is 1. The molecule has 0 atom stereocenters. The molecule has 0 aliphatic carbocycles. The van der Waals surface area contributed by atoms with Gasteiger partial charge in [0.05, 0.1) is 19.3 Å². The molecule has 0 aliphatic heterocycles. The van der Waals surface area contributed by atoms with Crippen molar-refractivity contribution in [1.29, 1.82) is 0 Å². The standard InChI is InChI=1S/C16H21N5O2/c1-11-5-6-14(23-4)13(7-11)20-16(22)21(3)10-12-8-18-15(17-2)19-9-12/h5-9H,10H2,1-4H3,(H,20,22)(H,17,18,19). The molecule has 0 saturated carbocycles. The Morgan fingerprint density at radius 1 is 1.30 bits per heavy atom. The summed E-state index contributed by atoms with van der Waals surface area (Å²) in [4.78, 5) is 22.1. The quantitative estimate of drug-likeness (QED) is 0.886. The van der Waals surface area contributed by atoms with Gasteiger partial charge in [-0.3, -0.25) is 0 Å². The zero-order valence-electron chi connectivity index (χ0n) is 13.8. The Morgan fingerprint density at radius 3 is 2.61 bits per heavy atom. The van der Waals surface area contributed by atoms with E-state index in [0.29, 0.717) is 23.9 Å². The van der Waals surface area contributed by atoms with Gasteiger partial charge in [-0.2, -0.15) is 0 Å². The number of amides is 2. The molecule has 7 nitrogen and oxygen atoms in total. The van der Waals surface area contributed by atoms with E-state index in [1.807, 2.05) is 25.1 Å². The molecule has 23 heavy (non-hydrogen) atoms. The number of urea groups is 1. The van der Waals surface area contributed by atoms with Crippen molar-refractivity contribution in [3.8, 4) is 5.75 Å². The third kappa shape index (κ3) is 4.32. The van der Waals surface area contributed by atoms with Crippen LogP contribution in [0.2, 0.25) is 0 Å². The zero-order chi connectivity index (χ0) is 16.8. The van der Waals surface area contributed by atoms with Crippen LogP contribution in [0.3, 0.4) is 0 Å². The number of benzene rings is 1. The highest BCUT2D eigenvalue weighted by Crippen LogP contribution is 2.25. The first kappa shape index (κ1) is 16.5. The van der Waals surface area contributed by atoms with E-state index in [1.165, 1.54) is 0 Å². The van der Waals surface area contributed by atoms with E-state index in [2.05, 4.69) is 20.6 Å². The second kappa shape index (κ2) is 7.44. The van der Waals surface area contributed by atoms with Crippen LogP contribution in [0.25, 0.3) is 0 Å². The highest BCUT2D eigenvalue weighted by atomic mass is 16.5. The van der Waals surface area contributed by atoms with Gasteiger partial charge in [0, 0.05) is 32.1 Å². The van der Waals surface area contributed by atoms with E-state index in [1.54, 1.807) is 38.5 Å². The molecule has 0 radical (unpaired) electrons. The highest BCUT2D eigenvalue weighted by molar-refractivity contribution is 5.90. The SMILES string of the molecule is CNc1ncc(CN(C)C(=O)Nc2cc(C)ccc2OC)cn1. The van der Waals surface area contributed by atoms with Crippen LogP contribution >= 0.6 is 0 Å². The summed E-state index contributed by atoms with van der Waals surface area (Å²) >= 11 is 0. The fourth-order valence-electron chi connectivity index (χ4n) is 2.04. The fraction of sp³-hybridized carbons (Fsp3) is 0.312. The van der Waals surface area contributed by atoms with Gasteiger partial charge in [-0.1, -0.05) is 6.07 Å². The maximum absolute atomic E-state index is 12.3. The highest BCUT2D eigenvalue weighted by Gasteiger charge is 2.13. The lowest BCUT2D eigenvalue weighted by Gasteiger charge is -2.19. The molecule has 2 amide bonds. The lowest BCUT2D eigenvalue weighted by Crippen LogP contribution is -2.31. The number of aromatic nitrogens is 2. The second-order valence-electron chi connectivity index (χ2n) is 5.15. The van der Waals surface area contributed by atoms with E-state index in [9.17, 15) is 4.79 Å². The molecule has 0 spiro atoms. The van der Waals surface area contributed by atoms with E-state index in [4.69, 9.17) is 4.74 Å². The molecule has 0 unspecified atom stereocenters. The number of hydrogen-bond donors (Lipinski definition) is 2. The van der Waals surface area contributed by atoms with Gasteiger partial charge in [0.15, 0.2) is 0 Å². The lowest BCUT2D eigenvalue weighted by atomic mass is 10.2. The van der Waals surface area contributed by atoms with Gasteiger partial charge < -0.3 is 20.3 Å². The van der Waals surface area contributed by atoms with Gasteiger partial charge in [0.2, 0.25) is 5.95 Å². The van der Waals surface area contributed by atoms with Crippen LogP contribution in [0.15, 0.2) is 30.6 Å². The minimum absolute atomic E-state index is 0.230. The number of nitrogens with zero attached hydrogens (tertiary/aromatic N) is 3. The first-order valence-corrected chi connectivity index (χ1v) is 7.19. The van der Waals surface area contributed by atoms with Gasteiger partial charge in [0.1, 0.15) is 5.75 Å². The predicted octanol–water partition coefficient (Wildman–Crippen LogP) is 2.50. The molecule has 2 aromatic rings. The van der Waals surface area contributed by atoms with Gasteiger partial charge in [-0.25, -0.2) is 14.8 Å². The van der Waals surface area contributed by atoms with E-state index < -0.39 is 0 Å². The van der Waals surface area contributed by atoms with Crippen LogP contribution in [-0.2, 0) is 6.54 Å². The van der Waals surface area contributed by atoms with Gasteiger partial charge in [-0.15, -0.1) is 0 Å². The smallest absolute Gasteiger partial charge is 0.321 e. The molecule has 122 valence electrons. The Balaban J connectivity index is 2.03. The molecular weight excluding hydrogens is 294 g/mol. The summed E-state index contributed by atoms with van der Waals surface area (Å²) in [7, 11) is 5.04. The Bertz CT molecular complexity index is 673. The Labute approximate surface area is 135 Å². The third-order valence-corrected chi connectivity index (χ3v) is 3.29. The van der Waals surface area contributed by atoms with Crippen molar-refractivity contribution in [2.45, 2.75) is 13.5 Å².